The van der Waals surface area contributed by atoms with Crippen molar-refractivity contribution in [3.05, 3.63) is 107 Å². The first-order valence-electron chi connectivity index (χ1n) is 28.5. The third-order valence-corrected chi connectivity index (χ3v) is 16.2. The first-order chi connectivity index (χ1) is 38.2. The standard InChI is InChI=1S/C60H78N10O9/c1-3-4-20-46(64-37(2)71)55(74)67-49-35-53(72)62-29-14-12-22-45(54(61)73)65-56(75)47(33-42-36-63-44-21-10-9-19-43(42)44)66-57(76)51-24-13-15-30-69(51)59(78)48(32-40-27-25-39(26-28-40)31-38-16-6-5-7-17-38)68-58(77)52-34-41-18-8-11-23-50(41)70(52)60(49)79/h5-7,9-10,16-17,19,21,25-28,36,41,45-52,63H,3-4,8,11-15,18,20,22-24,29-35H2,1-2H3,(H2,61,73)(H,62,72)(H,64,71)(H,65,75)(H,66,76)(H,67,74)(H,68,77)/t41?,45-,46-,47-,48-,49-,50?,51-,52-/m0/s1. The molecule has 422 valence electrons. The first-order valence-corrected chi connectivity index (χ1v) is 28.5. The number of nitrogens with two attached hydrogens (primary N) is 1. The number of nitrogens with zero attached hydrogens (tertiary/aromatic N) is 2. The summed E-state index contributed by atoms with van der Waals surface area (Å²) < 4.78 is 0. The van der Waals surface area contributed by atoms with Gasteiger partial charge in [0, 0.05) is 56.0 Å². The molecule has 4 aliphatic rings. The third-order valence-electron chi connectivity index (χ3n) is 16.2. The second-order valence-electron chi connectivity index (χ2n) is 22.0. The third kappa shape index (κ3) is 15.0. The van der Waals surface area contributed by atoms with E-state index in [2.05, 4.69) is 36.9 Å². The Kier molecular flexibility index (Phi) is 19.9. The number of benzene rings is 3. The van der Waals surface area contributed by atoms with Crippen molar-refractivity contribution >= 4 is 64.1 Å². The second kappa shape index (κ2) is 27.3. The lowest BCUT2D eigenvalue weighted by atomic mass is 9.84. The Morgan fingerprint density at radius 2 is 1.39 bits per heavy atom. The molecule has 4 fully saturated rings. The van der Waals surface area contributed by atoms with E-state index in [9.17, 15) is 28.8 Å². The van der Waals surface area contributed by atoms with Gasteiger partial charge in [0.05, 0.1) is 6.42 Å². The molecule has 9 N–H and O–H groups in total. The smallest absolute Gasteiger partial charge is 0.246 e. The van der Waals surface area contributed by atoms with Crippen LogP contribution in [0.15, 0.2) is 85.1 Å². The van der Waals surface area contributed by atoms with Gasteiger partial charge in [0.2, 0.25) is 53.2 Å². The Morgan fingerprint density at radius 3 is 2.15 bits per heavy atom. The van der Waals surface area contributed by atoms with Crippen LogP contribution in [0.4, 0.5) is 0 Å². The highest BCUT2D eigenvalue weighted by atomic mass is 16.2. The molecule has 2 unspecified atom stereocenters. The maximum atomic E-state index is 15.5. The number of piperidine rings is 1. The van der Waals surface area contributed by atoms with Crippen LogP contribution >= 0.6 is 0 Å². The van der Waals surface area contributed by atoms with Gasteiger partial charge in [-0.25, -0.2) is 0 Å². The summed E-state index contributed by atoms with van der Waals surface area (Å²) in [6.07, 6.45) is 9.17. The number of carbonyl (C=O) groups is 9. The van der Waals surface area contributed by atoms with E-state index in [1.165, 1.54) is 16.7 Å². The molecule has 0 bridgehead atoms. The normalized spacial score (nSPS) is 25.3. The predicted molar refractivity (Wildman–Crippen MR) is 297 cm³/mol. The van der Waals surface area contributed by atoms with E-state index < -0.39 is 108 Å². The molecule has 3 aliphatic heterocycles. The molecule has 8 rings (SSSR count). The van der Waals surface area contributed by atoms with E-state index >= 15 is 14.4 Å². The summed E-state index contributed by atoms with van der Waals surface area (Å²) in [5.74, 6) is -5.46. The lowest BCUT2D eigenvalue weighted by molar-refractivity contribution is -0.148. The summed E-state index contributed by atoms with van der Waals surface area (Å²) in [5.41, 5.74) is 10.3. The maximum absolute atomic E-state index is 15.5. The topological polar surface area (TPSA) is 274 Å². The van der Waals surface area contributed by atoms with Gasteiger partial charge < -0.3 is 52.4 Å². The zero-order valence-electron chi connectivity index (χ0n) is 45.6. The number of hydrogen-bond donors (Lipinski definition) is 8. The molecule has 79 heavy (non-hydrogen) atoms. The van der Waals surface area contributed by atoms with E-state index in [0.717, 1.165) is 58.8 Å². The van der Waals surface area contributed by atoms with Gasteiger partial charge in [0.1, 0.15) is 42.3 Å². The average molecular weight is 1080 g/mol. The van der Waals surface area contributed by atoms with E-state index in [4.69, 9.17) is 5.73 Å². The molecule has 19 nitrogen and oxygen atoms in total. The molecular weight excluding hydrogens is 1000 g/mol. The second-order valence-corrected chi connectivity index (χ2v) is 22.0. The number of aromatic amines is 1. The highest BCUT2D eigenvalue weighted by molar-refractivity contribution is 5.99. The van der Waals surface area contributed by atoms with Crippen LogP contribution in [0, 0.1) is 5.92 Å². The van der Waals surface area contributed by atoms with Crippen molar-refractivity contribution < 1.29 is 43.2 Å². The molecular formula is C60H78N10O9. The van der Waals surface area contributed by atoms with E-state index in [0.29, 0.717) is 44.9 Å². The van der Waals surface area contributed by atoms with Crippen LogP contribution in [-0.2, 0) is 62.4 Å². The molecule has 9 amide bonds. The number of nitrogens with one attached hydrogen (secondary N) is 7. The average Bonchev–Trinajstić information content (AvgIpc) is 4.20. The van der Waals surface area contributed by atoms with Crippen LogP contribution in [0.5, 0.6) is 0 Å². The van der Waals surface area contributed by atoms with Gasteiger partial charge in [-0.2, -0.15) is 0 Å². The number of para-hydroxylation sites is 1. The molecule has 0 spiro atoms. The number of primary amides is 1. The fraction of sp³-hybridized carbons (Fsp3) is 0.517. The number of rotatable bonds is 13. The molecule has 4 aromatic rings. The Bertz CT molecular complexity index is 2820. The molecule has 1 saturated carbocycles. The molecule has 1 aliphatic carbocycles. The summed E-state index contributed by atoms with van der Waals surface area (Å²) in [4.78, 5) is 135. The van der Waals surface area contributed by atoms with Crippen molar-refractivity contribution in [3.63, 3.8) is 0 Å². The Labute approximate surface area is 462 Å². The van der Waals surface area contributed by atoms with Crippen LogP contribution < -0.4 is 37.6 Å². The predicted octanol–water partition coefficient (Wildman–Crippen LogP) is 3.89. The lowest BCUT2D eigenvalue weighted by Gasteiger charge is -2.38. The number of unbranched alkanes of at least 4 members (excludes halogenated alkanes) is 1. The SMILES string of the molecule is CCCC[C@H](NC(C)=O)C(=O)N[C@H]1CC(=O)NCCCC[C@@H](C(N)=O)NC(=O)[C@H](Cc2c[nH]c3ccccc23)NC(=O)[C@@H]2CCCCN2C(=O)[C@H](Cc2ccc(Cc3ccccc3)cc2)NC(=O)[C@@H]2CC3CCCCC3N2C1=O. The van der Waals surface area contributed by atoms with Gasteiger partial charge in [-0.1, -0.05) is 105 Å². The Balaban J connectivity index is 1.16. The molecule has 4 heterocycles. The Morgan fingerprint density at radius 1 is 0.709 bits per heavy atom. The first kappa shape index (κ1) is 57.6. The zero-order valence-corrected chi connectivity index (χ0v) is 45.6. The summed E-state index contributed by atoms with van der Waals surface area (Å²) in [7, 11) is 0. The van der Waals surface area contributed by atoms with Gasteiger partial charge in [0.15, 0.2) is 0 Å². The summed E-state index contributed by atoms with van der Waals surface area (Å²) in [6, 6.07) is 16.9. The number of carbonyl (C=O) groups excluding carboxylic acids is 9. The van der Waals surface area contributed by atoms with Gasteiger partial charge >= 0.3 is 0 Å². The van der Waals surface area contributed by atoms with Crippen LogP contribution in [0.2, 0.25) is 0 Å². The van der Waals surface area contributed by atoms with Crippen molar-refractivity contribution in [2.24, 2.45) is 11.7 Å². The highest BCUT2D eigenvalue weighted by Crippen LogP contribution is 2.40. The van der Waals surface area contributed by atoms with E-state index in [1.807, 2.05) is 85.8 Å². The van der Waals surface area contributed by atoms with Crippen molar-refractivity contribution in [1.82, 2.24) is 46.7 Å². The van der Waals surface area contributed by atoms with Gasteiger partial charge in [0.25, 0.3) is 0 Å². The van der Waals surface area contributed by atoms with Gasteiger partial charge in [-0.15, -0.1) is 0 Å². The van der Waals surface area contributed by atoms with E-state index in [1.54, 1.807) is 6.20 Å². The molecule has 0 radical (unpaired) electrons. The van der Waals surface area contributed by atoms with Crippen molar-refractivity contribution in [2.75, 3.05) is 13.1 Å². The number of fused-ring (bicyclic) bond motifs is 5. The summed E-state index contributed by atoms with van der Waals surface area (Å²) >= 11 is 0. The molecule has 9 atom stereocenters. The number of aromatic nitrogens is 1. The number of amides is 9. The Hall–Kier alpha value is -7.57. The van der Waals surface area contributed by atoms with Crippen LogP contribution in [0.25, 0.3) is 10.9 Å². The zero-order chi connectivity index (χ0) is 56.0. The largest absolute Gasteiger partial charge is 0.368 e. The minimum atomic E-state index is -1.44. The minimum Gasteiger partial charge on any atom is -0.368 e. The van der Waals surface area contributed by atoms with Gasteiger partial charge in [-0.05, 0) is 105 Å². The molecule has 1 aromatic heterocycles. The monoisotopic (exact) mass is 1080 g/mol. The van der Waals surface area contributed by atoms with Crippen LogP contribution in [-0.4, -0.2) is 129 Å². The summed E-state index contributed by atoms with van der Waals surface area (Å²) in [5, 5.41) is 18.0. The minimum absolute atomic E-state index is 0.0331. The lowest BCUT2D eigenvalue weighted by Crippen LogP contribution is -2.62. The van der Waals surface area contributed by atoms with Gasteiger partial charge in [-0.3, -0.25) is 43.2 Å². The quantitative estimate of drug-likeness (QED) is 0.0964. The van der Waals surface area contributed by atoms with Crippen LogP contribution in [0.1, 0.15) is 132 Å². The van der Waals surface area contributed by atoms with Crippen molar-refractivity contribution in [3.8, 4) is 0 Å². The fourth-order valence-corrected chi connectivity index (χ4v) is 12.1. The van der Waals surface area contributed by atoms with Crippen LogP contribution in [0.3, 0.4) is 0 Å². The molecule has 3 saturated heterocycles. The van der Waals surface area contributed by atoms with Crippen molar-refractivity contribution in [1.29, 1.82) is 0 Å². The summed E-state index contributed by atoms with van der Waals surface area (Å²) in [6.45, 7) is 3.54. The fourth-order valence-electron chi connectivity index (χ4n) is 12.1. The molecule has 19 heteroatoms. The number of H-pyrrole nitrogens is 1. The highest BCUT2D eigenvalue weighted by Gasteiger charge is 2.50. The van der Waals surface area contributed by atoms with Crippen molar-refractivity contribution in [2.45, 2.75) is 178 Å². The molecule has 3 aromatic carbocycles. The van der Waals surface area contributed by atoms with E-state index in [-0.39, 0.29) is 57.5 Å². The number of hydrogen-bond acceptors (Lipinski definition) is 9. The maximum Gasteiger partial charge on any atom is 0.246 e.